The molecule has 0 spiro atoms. The van der Waals surface area contributed by atoms with Crippen molar-refractivity contribution in [2.45, 2.75) is 27.3 Å². The number of amidine groups is 1. The monoisotopic (exact) mass is 239 g/mol. The number of oxime groups is 1. The van der Waals surface area contributed by atoms with Gasteiger partial charge in [-0.05, 0) is 20.8 Å². The number of amides is 1. The van der Waals surface area contributed by atoms with E-state index in [1.165, 1.54) is 0 Å². The first-order valence-corrected chi connectivity index (χ1v) is 5.23. The molecule has 1 rings (SSSR count). The number of nitrogens with one attached hydrogen (secondary N) is 1. The fourth-order valence-corrected chi connectivity index (χ4v) is 1.13. The SMILES string of the molecule is CCn1cc(NC(=O)C(C)(C)C(N)=NO)cn1. The lowest BCUT2D eigenvalue weighted by Gasteiger charge is -2.21. The maximum absolute atomic E-state index is 11.9. The van der Waals surface area contributed by atoms with Crippen LogP contribution in [0, 0.1) is 5.41 Å². The van der Waals surface area contributed by atoms with Crippen LogP contribution in [0.1, 0.15) is 20.8 Å². The smallest absolute Gasteiger partial charge is 0.237 e. The fourth-order valence-electron chi connectivity index (χ4n) is 1.13. The minimum Gasteiger partial charge on any atom is -0.409 e. The zero-order valence-electron chi connectivity index (χ0n) is 10.1. The zero-order chi connectivity index (χ0) is 13.1. The highest BCUT2D eigenvalue weighted by Crippen LogP contribution is 2.18. The van der Waals surface area contributed by atoms with Crippen LogP contribution in [0.4, 0.5) is 5.69 Å². The summed E-state index contributed by atoms with van der Waals surface area (Å²) < 4.78 is 1.69. The minimum atomic E-state index is -1.08. The summed E-state index contributed by atoms with van der Waals surface area (Å²) in [5, 5.41) is 18.1. The van der Waals surface area contributed by atoms with Crippen molar-refractivity contribution in [1.29, 1.82) is 0 Å². The second kappa shape index (κ2) is 4.86. The molecule has 17 heavy (non-hydrogen) atoms. The van der Waals surface area contributed by atoms with Crippen LogP contribution in [0.2, 0.25) is 0 Å². The number of nitrogens with two attached hydrogens (primary N) is 1. The Labute approximate surface area is 99.3 Å². The number of aromatic nitrogens is 2. The molecule has 7 nitrogen and oxygen atoms in total. The molecule has 0 bridgehead atoms. The molecule has 1 aromatic rings. The molecule has 7 heteroatoms. The number of carbonyl (C=O) groups excluding carboxylic acids is 1. The van der Waals surface area contributed by atoms with Crippen molar-refractivity contribution in [2.75, 3.05) is 5.32 Å². The molecule has 1 heterocycles. The molecule has 0 unspecified atom stereocenters. The maximum Gasteiger partial charge on any atom is 0.237 e. The third kappa shape index (κ3) is 2.74. The number of aryl methyl sites for hydroxylation is 1. The van der Waals surface area contributed by atoms with Gasteiger partial charge in [0.15, 0.2) is 5.84 Å². The molecule has 0 saturated carbocycles. The van der Waals surface area contributed by atoms with Crippen molar-refractivity contribution in [3.8, 4) is 0 Å². The quantitative estimate of drug-likeness (QED) is 0.310. The standard InChI is InChI=1S/C10H17N5O2/c1-4-15-6-7(5-12-15)13-9(16)10(2,3)8(11)14-17/h5-6,17H,4H2,1-3H3,(H2,11,14)(H,13,16). The average molecular weight is 239 g/mol. The van der Waals surface area contributed by atoms with Crippen molar-refractivity contribution in [3.05, 3.63) is 12.4 Å². The van der Waals surface area contributed by atoms with Crippen molar-refractivity contribution in [2.24, 2.45) is 16.3 Å². The second-order valence-electron chi connectivity index (χ2n) is 4.15. The van der Waals surface area contributed by atoms with Crippen molar-refractivity contribution >= 4 is 17.4 Å². The highest BCUT2D eigenvalue weighted by Gasteiger charge is 2.33. The van der Waals surface area contributed by atoms with E-state index in [0.29, 0.717) is 5.69 Å². The van der Waals surface area contributed by atoms with Gasteiger partial charge in [0.05, 0.1) is 11.9 Å². The highest BCUT2D eigenvalue weighted by molar-refractivity contribution is 6.11. The van der Waals surface area contributed by atoms with E-state index < -0.39 is 5.41 Å². The van der Waals surface area contributed by atoms with Crippen LogP contribution in [-0.4, -0.2) is 26.7 Å². The molecular formula is C10H17N5O2. The van der Waals surface area contributed by atoms with E-state index >= 15 is 0 Å². The van der Waals surface area contributed by atoms with E-state index in [-0.39, 0.29) is 11.7 Å². The Morgan fingerprint density at radius 2 is 2.35 bits per heavy atom. The summed E-state index contributed by atoms with van der Waals surface area (Å²) in [5.74, 6) is -0.499. The third-order valence-electron chi connectivity index (χ3n) is 2.53. The molecule has 4 N–H and O–H groups in total. The molecule has 1 aromatic heterocycles. The topological polar surface area (TPSA) is 106 Å². The zero-order valence-corrected chi connectivity index (χ0v) is 10.1. The second-order valence-corrected chi connectivity index (χ2v) is 4.15. The Morgan fingerprint density at radius 1 is 1.71 bits per heavy atom. The van der Waals surface area contributed by atoms with Gasteiger partial charge in [-0.3, -0.25) is 9.48 Å². The van der Waals surface area contributed by atoms with Gasteiger partial charge in [-0.2, -0.15) is 5.10 Å². The maximum atomic E-state index is 11.9. The summed E-state index contributed by atoms with van der Waals surface area (Å²) in [7, 11) is 0. The molecular weight excluding hydrogens is 222 g/mol. The van der Waals surface area contributed by atoms with Crippen molar-refractivity contribution in [1.82, 2.24) is 9.78 Å². The number of nitrogens with zero attached hydrogens (tertiary/aromatic N) is 3. The number of rotatable bonds is 4. The van der Waals surface area contributed by atoms with Crippen molar-refractivity contribution in [3.63, 3.8) is 0 Å². The molecule has 0 aliphatic rings. The molecule has 0 aliphatic heterocycles. The van der Waals surface area contributed by atoms with E-state index in [1.54, 1.807) is 30.9 Å². The summed E-state index contributed by atoms with van der Waals surface area (Å²) in [4.78, 5) is 11.9. The van der Waals surface area contributed by atoms with E-state index in [0.717, 1.165) is 6.54 Å². The van der Waals surface area contributed by atoms with Gasteiger partial charge in [0.1, 0.15) is 5.41 Å². The van der Waals surface area contributed by atoms with Crippen LogP contribution in [0.25, 0.3) is 0 Å². The molecule has 1 amide bonds. The third-order valence-corrected chi connectivity index (χ3v) is 2.53. The van der Waals surface area contributed by atoms with Gasteiger partial charge in [-0.1, -0.05) is 5.16 Å². The number of anilines is 1. The van der Waals surface area contributed by atoms with Gasteiger partial charge in [-0.25, -0.2) is 0 Å². The van der Waals surface area contributed by atoms with Crippen LogP contribution in [0.3, 0.4) is 0 Å². The van der Waals surface area contributed by atoms with Crippen LogP contribution in [0.15, 0.2) is 17.5 Å². The van der Waals surface area contributed by atoms with Gasteiger partial charge in [0.25, 0.3) is 0 Å². The predicted octanol–water partition coefficient (Wildman–Crippen LogP) is 0.614. The highest BCUT2D eigenvalue weighted by atomic mass is 16.4. The lowest BCUT2D eigenvalue weighted by molar-refractivity contribution is -0.121. The Balaban J connectivity index is 2.78. The number of hydrogen-bond acceptors (Lipinski definition) is 4. The summed E-state index contributed by atoms with van der Waals surface area (Å²) in [6, 6.07) is 0. The Bertz CT molecular complexity index is 436. The first kappa shape index (κ1) is 13.0. The van der Waals surface area contributed by atoms with E-state index in [2.05, 4.69) is 15.6 Å². The van der Waals surface area contributed by atoms with E-state index in [4.69, 9.17) is 10.9 Å². The Morgan fingerprint density at radius 3 is 2.82 bits per heavy atom. The van der Waals surface area contributed by atoms with Crippen LogP contribution in [-0.2, 0) is 11.3 Å². The Hall–Kier alpha value is -2.05. The Kier molecular flexibility index (Phi) is 3.72. The molecule has 0 fully saturated rings. The summed E-state index contributed by atoms with van der Waals surface area (Å²) in [5.41, 5.74) is 4.95. The lowest BCUT2D eigenvalue weighted by atomic mass is 9.91. The van der Waals surface area contributed by atoms with Crippen molar-refractivity contribution < 1.29 is 10.0 Å². The number of hydrogen-bond donors (Lipinski definition) is 3. The summed E-state index contributed by atoms with van der Waals surface area (Å²) in [6.07, 6.45) is 3.25. The normalized spacial score (nSPS) is 12.5. The van der Waals surface area contributed by atoms with Crippen LogP contribution in [0.5, 0.6) is 0 Å². The van der Waals surface area contributed by atoms with Gasteiger partial charge >= 0.3 is 0 Å². The van der Waals surface area contributed by atoms with Gasteiger partial charge in [-0.15, -0.1) is 0 Å². The van der Waals surface area contributed by atoms with Gasteiger partial charge < -0.3 is 16.3 Å². The van der Waals surface area contributed by atoms with Crippen LogP contribution >= 0.6 is 0 Å². The molecule has 0 radical (unpaired) electrons. The average Bonchev–Trinajstić information content (AvgIpc) is 2.75. The molecule has 0 aromatic carbocycles. The van der Waals surface area contributed by atoms with Gasteiger partial charge in [0, 0.05) is 12.7 Å². The lowest BCUT2D eigenvalue weighted by Crippen LogP contribution is -2.42. The first-order valence-electron chi connectivity index (χ1n) is 5.23. The van der Waals surface area contributed by atoms with Gasteiger partial charge in [0.2, 0.25) is 5.91 Å². The largest absolute Gasteiger partial charge is 0.409 e. The first-order chi connectivity index (χ1) is 7.91. The van der Waals surface area contributed by atoms with Crippen LogP contribution < -0.4 is 11.1 Å². The van der Waals surface area contributed by atoms with E-state index in [9.17, 15) is 4.79 Å². The summed E-state index contributed by atoms with van der Waals surface area (Å²) >= 11 is 0. The minimum absolute atomic E-state index is 0.141. The number of carbonyl (C=O) groups is 1. The molecule has 0 saturated heterocycles. The molecule has 0 atom stereocenters. The van der Waals surface area contributed by atoms with E-state index in [1.807, 2.05) is 6.92 Å². The molecule has 94 valence electrons. The predicted molar refractivity (Wildman–Crippen MR) is 63.7 cm³/mol. The molecule has 0 aliphatic carbocycles. The summed E-state index contributed by atoms with van der Waals surface area (Å²) in [6.45, 7) is 5.81. The fraction of sp³-hybridized carbons (Fsp3) is 0.500.